The molecule has 1 aliphatic carbocycles. The Labute approximate surface area is 166 Å². The number of fused-ring (bicyclic) bond motifs is 2. The van der Waals surface area contributed by atoms with Gasteiger partial charge in [-0.25, -0.2) is 9.18 Å². The number of carboxylic acids is 1. The number of hydrogen-bond donors (Lipinski definition) is 2. The van der Waals surface area contributed by atoms with E-state index >= 15 is 4.39 Å². The lowest BCUT2D eigenvalue weighted by Crippen LogP contribution is -2.24. The lowest BCUT2D eigenvalue weighted by Gasteiger charge is -2.17. The van der Waals surface area contributed by atoms with E-state index in [0.29, 0.717) is 16.6 Å². The zero-order valence-electron chi connectivity index (χ0n) is 16.3. The van der Waals surface area contributed by atoms with Crippen molar-refractivity contribution in [1.82, 2.24) is 9.72 Å². The van der Waals surface area contributed by atoms with Crippen LogP contribution in [0.25, 0.3) is 16.6 Å². The quantitative estimate of drug-likeness (QED) is 0.702. The van der Waals surface area contributed by atoms with E-state index in [1.165, 1.54) is 16.0 Å². The van der Waals surface area contributed by atoms with Gasteiger partial charge in [-0.15, -0.1) is 0 Å². The van der Waals surface area contributed by atoms with Gasteiger partial charge in [-0.05, 0) is 72.6 Å². The Morgan fingerprint density at radius 3 is 2.69 bits per heavy atom. The summed E-state index contributed by atoms with van der Waals surface area (Å²) in [7, 11) is 0. The number of aromatic nitrogens is 1. The molecule has 1 unspecified atom stereocenters. The zero-order chi connectivity index (χ0) is 20.4. The molecule has 0 amide bonds. The average molecular weight is 392 g/mol. The lowest BCUT2D eigenvalue weighted by atomic mass is 9.93. The van der Waals surface area contributed by atoms with Crippen LogP contribution in [0.4, 0.5) is 4.39 Å². The second kappa shape index (κ2) is 6.26. The molecule has 5 nitrogen and oxygen atoms in total. The molecule has 2 aromatic heterocycles. The van der Waals surface area contributed by atoms with Crippen molar-refractivity contribution in [2.75, 3.05) is 0 Å². The third-order valence-corrected chi connectivity index (χ3v) is 6.22. The van der Waals surface area contributed by atoms with Crippen LogP contribution in [0.15, 0.2) is 35.3 Å². The normalized spacial score (nSPS) is 18.2. The Balaban J connectivity index is 1.81. The standard InChI is InChI=1S/C23H21FN2O3/c1-11-20(14-5-6-16-12(2)25-9-15(16)7-14)19(24)10-26-21(11)17(13-3-4-13)8-18(22(26)27)23(28)29/h5-8,10,12-13,25H,3-4,9H2,1-2H3,(H,28,29). The minimum Gasteiger partial charge on any atom is -0.477 e. The van der Waals surface area contributed by atoms with Crippen molar-refractivity contribution in [3.05, 3.63) is 74.5 Å². The summed E-state index contributed by atoms with van der Waals surface area (Å²) in [6, 6.07) is 7.72. The minimum atomic E-state index is -1.28. The summed E-state index contributed by atoms with van der Waals surface area (Å²) in [5.74, 6) is -1.60. The third kappa shape index (κ3) is 2.70. The maximum absolute atomic E-state index is 15.2. The molecule has 3 aromatic rings. The molecule has 1 atom stereocenters. The second-order valence-electron chi connectivity index (χ2n) is 8.11. The highest BCUT2D eigenvalue weighted by Gasteiger charge is 2.30. The van der Waals surface area contributed by atoms with Crippen LogP contribution in [0, 0.1) is 12.7 Å². The first-order chi connectivity index (χ1) is 13.9. The largest absolute Gasteiger partial charge is 0.477 e. The maximum atomic E-state index is 15.2. The molecule has 3 heterocycles. The van der Waals surface area contributed by atoms with Crippen LogP contribution in [-0.4, -0.2) is 15.5 Å². The molecule has 6 heteroatoms. The fourth-order valence-corrected chi connectivity index (χ4v) is 4.57. The van der Waals surface area contributed by atoms with E-state index < -0.39 is 17.3 Å². The van der Waals surface area contributed by atoms with Crippen molar-refractivity contribution >= 4 is 11.5 Å². The molecule has 1 fully saturated rings. The van der Waals surface area contributed by atoms with E-state index in [2.05, 4.69) is 12.2 Å². The molecule has 0 bridgehead atoms. The molecule has 148 valence electrons. The van der Waals surface area contributed by atoms with Crippen LogP contribution < -0.4 is 10.9 Å². The van der Waals surface area contributed by atoms with Gasteiger partial charge in [-0.3, -0.25) is 9.20 Å². The predicted molar refractivity (Wildman–Crippen MR) is 108 cm³/mol. The molecule has 29 heavy (non-hydrogen) atoms. The Bertz CT molecular complexity index is 1260. The molecule has 0 radical (unpaired) electrons. The van der Waals surface area contributed by atoms with E-state index in [4.69, 9.17) is 0 Å². The summed E-state index contributed by atoms with van der Waals surface area (Å²) in [6.07, 6.45) is 3.04. The highest BCUT2D eigenvalue weighted by molar-refractivity contribution is 5.89. The van der Waals surface area contributed by atoms with Crippen molar-refractivity contribution in [2.45, 2.75) is 45.2 Å². The van der Waals surface area contributed by atoms with Gasteiger partial charge in [0.05, 0.1) is 5.52 Å². The number of nitrogens with one attached hydrogen (secondary N) is 1. The number of hydrogen-bond acceptors (Lipinski definition) is 3. The SMILES string of the molecule is Cc1c(-c2ccc3c(c2)CNC3C)c(F)cn2c(=O)c(C(=O)O)cc(C3CC3)c12. The highest BCUT2D eigenvalue weighted by atomic mass is 19.1. The van der Waals surface area contributed by atoms with Crippen molar-refractivity contribution in [3.8, 4) is 11.1 Å². The zero-order valence-corrected chi connectivity index (χ0v) is 16.3. The number of aromatic carboxylic acids is 1. The van der Waals surface area contributed by atoms with Gasteiger partial charge in [0.25, 0.3) is 5.56 Å². The monoisotopic (exact) mass is 392 g/mol. The van der Waals surface area contributed by atoms with Crippen LogP contribution in [0.3, 0.4) is 0 Å². The molecule has 0 saturated heterocycles. The summed E-state index contributed by atoms with van der Waals surface area (Å²) in [6.45, 7) is 4.66. The minimum absolute atomic E-state index is 0.214. The first-order valence-corrected chi connectivity index (χ1v) is 9.85. The first-order valence-electron chi connectivity index (χ1n) is 9.85. The van der Waals surface area contributed by atoms with Crippen molar-refractivity contribution < 1.29 is 14.3 Å². The topological polar surface area (TPSA) is 70.8 Å². The summed E-state index contributed by atoms with van der Waals surface area (Å²) < 4.78 is 16.4. The van der Waals surface area contributed by atoms with Crippen LogP contribution in [0.1, 0.15) is 64.3 Å². The van der Waals surface area contributed by atoms with Gasteiger partial charge in [-0.2, -0.15) is 0 Å². The smallest absolute Gasteiger partial charge is 0.341 e. The number of aryl methyl sites for hydroxylation is 1. The highest BCUT2D eigenvalue weighted by Crippen LogP contribution is 2.44. The second-order valence-corrected chi connectivity index (χ2v) is 8.11. The van der Waals surface area contributed by atoms with Gasteiger partial charge < -0.3 is 10.4 Å². The summed E-state index contributed by atoms with van der Waals surface area (Å²) in [4.78, 5) is 24.3. The molecule has 1 saturated carbocycles. The summed E-state index contributed by atoms with van der Waals surface area (Å²) >= 11 is 0. The van der Waals surface area contributed by atoms with Gasteiger partial charge in [-0.1, -0.05) is 12.1 Å². The van der Waals surface area contributed by atoms with Crippen molar-refractivity contribution in [1.29, 1.82) is 0 Å². The predicted octanol–water partition coefficient (Wildman–Crippen LogP) is 4.15. The number of nitrogens with zero attached hydrogens (tertiary/aromatic N) is 1. The summed E-state index contributed by atoms with van der Waals surface area (Å²) in [5.41, 5.74) is 4.71. The van der Waals surface area contributed by atoms with E-state index in [1.807, 2.05) is 25.1 Å². The third-order valence-electron chi connectivity index (χ3n) is 6.22. The average Bonchev–Trinajstić information content (AvgIpc) is 3.46. The van der Waals surface area contributed by atoms with Gasteiger partial charge in [0.15, 0.2) is 0 Å². The van der Waals surface area contributed by atoms with Gasteiger partial charge in [0, 0.05) is 24.3 Å². The Hall–Kier alpha value is -2.99. The Morgan fingerprint density at radius 1 is 1.24 bits per heavy atom. The number of carboxylic acid groups (broad SMARTS) is 1. The molecule has 2 aliphatic rings. The van der Waals surface area contributed by atoms with Gasteiger partial charge in [0.1, 0.15) is 11.4 Å². The maximum Gasteiger partial charge on any atom is 0.341 e. The number of carbonyl (C=O) groups is 1. The molecule has 0 spiro atoms. The fourth-order valence-electron chi connectivity index (χ4n) is 4.57. The fraction of sp³-hybridized carbons (Fsp3) is 0.304. The van der Waals surface area contributed by atoms with Crippen LogP contribution >= 0.6 is 0 Å². The van der Waals surface area contributed by atoms with Crippen LogP contribution in [0.5, 0.6) is 0 Å². The number of benzene rings is 1. The van der Waals surface area contributed by atoms with Gasteiger partial charge in [0.2, 0.25) is 0 Å². The molecule has 5 rings (SSSR count). The van der Waals surface area contributed by atoms with Crippen molar-refractivity contribution in [3.63, 3.8) is 0 Å². The molecule has 1 aliphatic heterocycles. The molecule has 1 aromatic carbocycles. The number of pyridine rings is 2. The molecular formula is C23H21FN2O3. The number of rotatable bonds is 3. The van der Waals surface area contributed by atoms with E-state index in [0.717, 1.165) is 42.3 Å². The molecule has 2 N–H and O–H groups in total. The lowest BCUT2D eigenvalue weighted by molar-refractivity contribution is 0.0694. The molecular weight excluding hydrogens is 371 g/mol. The summed E-state index contributed by atoms with van der Waals surface area (Å²) in [5, 5.41) is 12.8. The van der Waals surface area contributed by atoms with E-state index in [-0.39, 0.29) is 17.5 Å². The van der Waals surface area contributed by atoms with E-state index in [9.17, 15) is 14.7 Å². The van der Waals surface area contributed by atoms with Crippen LogP contribution in [0.2, 0.25) is 0 Å². The Kier molecular flexibility index (Phi) is 3.90. The van der Waals surface area contributed by atoms with Gasteiger partial charge >= 0.3 is 5.97 Å². The first kappa shape index (κ1) is 18.1. The van der Waals surface area contributed by atoms with Crippen LogP contribution in [-0.2, 0) is 6.54 Å². The van der Waals surface area contributed by atoms with E-state index in [1.54, 1.807) is 0 Å². The number of halogens is 1. The Morgan fingerprint density at radius 2 is 2.00 bits per heavy atom. The van der Waals surface area contributed by atoms with Crippen molar-refractivity contribution in [2.24, 2.45) is 0 Å².